The summed E-state index contributed by atoms with van der Waals surface area (Å²) in [6, 6.07) is 12.3. The first-order chi connectivity index (χ1) is 12.2. The van der Waals surface area contributed by atoms with Crippen molar-refractivity contribution in [2.75, 3.05) is 25.6 Å². The molecule has 2 aromatic rings. The standard InChI is InChI=1S/C20H24FN3O/c1-15(22-23-19-8-6-18(21)7-9-19)16-5-10-20(25-2)17(13-16)14-24-11-3-4-12-24/h5-10,13,23H,3-4,11-12,14H2,1-2H3/b22-15-. The minimum absolute atomic E-state index is 0.257. The number of likely N-dealkylation sites (tertiary alicyclic amines) is 1. The molecule has 0 bridgehead atoms. The van der Waals surface area contributed by atoms with Crippen LogP contribution in [0.2, 0.25) is 0 Å². The summed E-state index contributed by atoms with van der Waals surface area (Å²) in [6.07, 6.45) is 2.54. The largest absolute Gasteiger partial charge is 0.496 e. The quantitative estimate of drug-likeness (QED) is 0.630. The Balaban J connectivity index is 1.75. The van der Waals surface area contributed by atoms with E-state index in [1.807, 2.05) is 19.1 Å². The van der Waals surface area contributed by atoms with E-state index in [2.05, 4.69) is 21.5 Å². The first kappa shape index (κ1) is 17.4. The van der Waals surface area contributed by atoms with Gasteiger partial charge in [-0.1, -0.05) is 0 Å². The Morgan fingerprint density at radius 1 is 1.16 bits per heavy atom. The van der Waals surface area contributed by atoms with E-state index in [9.17, 15) is 4.39 Å². The highest BCUT2D eigenvalue weighted by molar-refractivity contribution is 5.99. The number of nitrogens with one attached hydrogen (secondary N) is 1. The van der Waals surface area contributed by atoms with Crippen molar-refractivity contribution in [1.29, 1.82) is 0 Å². The molecule has 3 rings (SSSR count). The number of hydrazone groups is 1. The summed E-state index contributed by atoms with van der Waals surface area (Å²) in [5, 5.41) is 4.41. The molecule has 1 aliphatic heterocycles. The number of methoxy groups -OCH3 is 1. The molecule has 1 heterocycles. The third-order valence-corrected chi connectivity index (χ3v) is 4.49. The number of anilines is 1. The fraction of sp³-hybridized carbons (Fsp3) is 0.350. The molecule has 0 aliphatic carbocycles. The Kier molecular flexibility index (Phi) is 5.66. The van der Waals surface area contributed by atoms with E-state index in [0.717, 1.165) is 42.3 Å². The highest BCUT2D eigenvalue weighted by atomic mass is 19.1. The van der Waals surface area contributed by atoms with Crippen LogP contribution in [-0.4, -0.2) is 30.8 Å². The van der Waals surface area contributed by atoms with Gasteiger partial charge >= 0.3 is 0 Å². The van der Waals surface area contributed by atoms with E-state index >= 15 is 0 Å². The van der Waals surface area contributed by atoms with Gasteiger partial charge in [0.1, 0.15) is 11.6 Å². The van der Waals surface area contributed by atoms with Crippen LogP contribution in [0.1, 0.15) is 30.9 Å². The zero-order valence-corrected chi connectivity index (χ0v) is 14.8. The summed E-state index contributed by atoms with van der Waals surface area (Å²) in [6.45, 7) is 5.15. The number of ether oxygens (including phenoxy) is 1. The monoisotopic (exact) mass is 341 g/mol. The van der Waals surface area contributed by atoms with Crippen LogP contribution >= 0.6 is 0 Å². The summed E-state index contributed by atoms with van der Waals surface area (Å²) in [5.41, 5.74) is 6.82. The Morgan fingerprint density at radius 3 is 2.56 bits per heavy atom. The molecule has 5 heteroatoms. The molecule has 0 amide bonds. The van der Waals surface area contributed by atoms with Gasteiger partial charge < -0.3 is 4.74 Å². The van der Waals surface area contributed by atoms with Crippen molar-refractivity contribution >= 4 is 11.4 Å². The van der Waals surface area contributed by atoms with Crippen LogP contribution in [0.15, 0.2) is 47.6 Å². The van der Waals surface area contributed by atoms with Crippen molar-refractivity contribution in [2.45, 2.75) is 26.3 Å². The highest BCUT2D eigenvalue weighted by Crippen LogP contribution is 2.24. The van der Waals surface area contributed by atoms with Gasteiger partial charge in [-0.15, -0.1) is 0 Å². The van der Waals surface area contributed by atoms with Crippen molar-refractivity contribution < 1.29 is 9.13 Å². The molecule has 0 atom stereocenters. The number of nitrogens with zero attached hydrogens (tertiary/aromatic N) is 2. The summed E-state index contributed by atoms with van der Waals surface area (Å²) >= 11 is 0. The fourth-order valence-electron chi connectivity index (χ4n) is 3.05. The third-order valence-electron chi connectivity index (χ3n) is 4.49. The van der Waals surface area contributed by atoms with Gasteiger partial charge in [-0.05, 0) is 80.9 Å². The predicted octanol–water partition coefficient (Wildman–Crippen LogP) is 4.27. The lowest BCUT2D eigenvalue weighted by atomic mass is 10.1. The highest BCUT2D eigenvalue weighted by Gasteiger charge is 2.15. The molecule has 0 saturated carbocycles. The normalized spacial score (nSPS) is 15.4. The van der Waals surface area contributed by atoms with Crippen molar-refractivity contribution in [1.82, 2.24) is 4.90 Å². The minimum atomic E-state index is -0.257. The third kappa shape index (κ3) is 4.57. The van der Waals surface area contributed by atoms with Gasteiger partial charge in [0.15, 0.2) is 0 Å². The smallest absolute Gasteiger partial charge is 0.123 e. The van der Waals surface area contributed by atoms with Crippen LogP contribution < -0.4 is 10.2 Å². The van der Waals surface area contributed by atoms with Crippen LogP contribution in [0.3, 0.4) is 0 Å². The maximum atomic E-state index is 13.0. The second kappa shape index (κ2) is 8.12. The Morgan fingerprint density at radius 2 is 1.88 bits per heavy atom. The first-order valence-electron chi connectivity index (χ1n) is 8.61. The molecule has 4 nitrogen and oxygen atoms in total. The number of hydrogen-bond donors (Lipinski definition) is 1. The molecule has 0 unspecified atom stereocenters. The molecule has 1 aliphatic rings. The molecule has 1 N–H and O–H groups in total. The summed E-state index contributed by atoms with van der Waals surface area (Å²) in [4.78, 5) is 2.45. The molecule has 0 spiro atoms. The molecule has 132 valence electrons. The first-order valence-corrected chi connectivity index (χ1v) is 8.61. The minimum Gasteiger partial charge on any atom is -0.496 e. The average molecular weight is 341 g/mol. The number of benzene rings is 2. The van der Waals surface area contributed by atoms with Crippen LogP contribution in [0.4, 0.5) is 10.1 Å². The molecular weight excluding hydrogens is 317 g/mol. The van der Waals surface area contributed by atoms with Crippen LogP contribution in [-0.2, 0) is 6.54 Å². The summed E-state index contributed by atoms with van der Waals surface area (Å²) in [5.74, 6) is 0.655. The van der Waals surface area contributed by atoms with Crippen LogP contribution in [0, 0.1) is 5.82 Å². The van der Waals surface area contributed by atoms with Crippen molar-refractivity contribution in [3.05, 3.63) is 59.4 Å². The summed E-state index contributed by atoms with van der Waals surface area (Å²) < 4.78 is 18.5. The Hall–Kier alpha value is -2.40. The van der Waals surface area contributed by atoms with E-state index in [-0.39, 0.29) is 5.82 Å². The Labute approximate surface area is 148 Å². The number of hydrogen-bond acceptors (Lipinski definition) is 4. The molecule has 1 fully saturated rings. The molecule has 1 saturated heterocycles. The summed E-state index contributed by atoms with van der Waals surface area (Å²) in [7, 11) is 1.71. The maximum absolute atomic E-state index is 13.0. The number of rotatable bonds is 6. The van der Waals surface area contributed by atoms with Crippen molar-refractivity contribution in [3.8, 4) is 5.75 Å². The molecule has 0 aromatic heterocycles. The van der Waals surface area contributed by atoms with E-state index < -0.39 is 0 Å². The lowest BCUT2D eigenvalue weighted by Gasteiger charge is -2.18. The van der Waals surface area contributed by atoms with Gasteiger partial charge in [0.2, 0.25) is 0 Å². The van der Waals surface area contributed by atoms with Gasteiger partial charge in [-0.25, -0.2) is 4.39 Å². The van der Waals surface area contributed by atoms with Gasteiger partial charge in [0.05, 0.1) is 18.5 Å². The van der Waals surface area contributed by atoms with Crippen LogP contribution in [0.25, 0.3) is 0 Å². The maximum Gasteiger partial charge on any atom is 0.123 e. The van der Waals surface area contributed by atoms with Gasteiger partial charge in [-0.2, -0.15) is 5.10 Å². The van der Waals surface area contributed by atoms with Gasteiger partial charge in [0.25, 0.3) is 0 Å². The zero-order chi connectivity index (χ0) is 17.6. The van der Waals surface area contributed by atoms with E-state index in [1.54, 1.807) is 19.2 Å². The molecule has 0 radical (unpaired) electrons. The molecule has 2 aromatic carbocycles. The lowest BCUT2D eigenvalue weighted by Crippen LogP contribution is -2.19. The van der Waals surface area contributed by atoms with Gasteiger partial charge in [-0.3, -0.25) is 10.3 Å². The lowest BCUT2D eigenvalue weighted by molar-refractivity contribution is 0.321. The zero-order valence-electron chi connectivity index (χ0n) is 14.8. The van der Waals surface area contributed by atoms with Crippen molar-refractivity contribution in [2.24, 2.45) is 5.10 Å². The molecule has 25 heavy (non-hydrogen) atoms. The van der Waals surface area contributed by atoms with Crippen molar-refractivity contribution in [3.63, 3.8) is 0 Å². The second-order valence-electron chi connectivity index (χ2n) is 6.33. The topological polar surface area (TPSA) is 36.9 Å². The predicted molar refractivity (Wildman–Crippen MR) is 99.7 cm³/mol. The van der Waals surface area contributed by atoms with E-state index in [4.69, 9.17) is 4.74 Å². The van der Waals surface area contributed by atoms with Gasteiger partial charge in [0, 0.05) is 12.1 Å². The fourth-order valence-corrected chi connectivity index (χ4v) is 3.05. The second-order valence-corrected chi connectivity index (χ2v) is 6.33. The van der Waals surface area contributed by atoms with E-state index in [0.29, 0.717) is 0 Å². The average Bonchev–Trinajstić information content (AvgIpc) is 3.14. The van der Waals surface area contributed by atoms with Crippen LogP contribution in [0.5, 0.6) is 5.75 Å². The number of halogens is 1. The molecular formula is C20H24FN3O. The van der Waals surface area contributed by atoms with E-state index in [1.165, 1.54) is 30.5 Å². The Bertz CT molecular complexity index is 737. The SMILES string of the molecule is COc1ccc(/C(C)=N\Nc2ccc(F)cc2)cc1CN1CCCC1.